The Labute approximate surface area is 116 Å². The summed E-state index contributed by atoms with van der Waals surface area (Å²) in [5.41, 5.74) is 7.82. The quantitative estimate of drug-likeness (QED) is 0.879. The molecule has 0 radical (unpaired) electrons. The number of aryl methyl sites for hydroxylation is 1. The van der Waals surface area contributed by atoms with Crippen LogP contribution in [0, 0.1) is 17.8 Å². The van der Waals surface area contributed by atoms with Crippen molar-refractivity contribution in [3.63, 3.8) is 0 Å². The maximum atomic E-state index is 6.44. The number of fused-ring (bicyclic) bond motifs is 2. The summed E-state index contributed by atoms with van der Waals surface area (Å²) in [6, 6.07) is 8.80. The lowest BCUT2D eigenvalue weighted by atomic mass is 9.81. The van der Waals surface area contributed by atoms with Gasteiger partial charge in [0.25, 0.3) is 0 Å². The summed E-state index contributed by atoms with van der Waals surface area (Å²) >= 11 is 0. The van der Waals surface area contributed by atoms with Gasteiger partial charge in [0.2, 0.25) is 0 Å². The van der Waals surface area contributed by atoms with E-state index in [4.69, 9.17) is 10.5 Å². The Morgan fingerprint density at radius 3 is 2.58 bits per heavy atom. The van der Waals surface area contributed by atoms with Crippen LogP contribution in [-0.2, 0) is 6.42 Å². The third kappa shape index (κ3) is 2.79. The number of benzene rings is 1. The molecule has 2 bridgehead atoms. The number of hydrogen-bond acceptors (Lipinski definition) is 2. The molecule has 0 aromatic heterocycles. The fourth-order valence-electron chi connectivity index (χ4n) is 4.16. The van der Waals surface area contributed by atoms with Crippen LogP contribution in [0.3, 0.4) is 0 Å². The Hall–Kier alpha value is -1.02. The van der Waals surface area contributed by atoms with E-state index in [0.29, 0.717) is 6.04 Å². The zero-order valence-electron chi connectivity index (χ0n) is 11.8. The first-order chi connectivity index (χ1) is 9.26. The van der Waals surface area contributed by atoms with Crippen molar-refractivity contribution in [3.05, 3.63) is 29.8 Å². The zero-order chi connectivity index (χ0) is 13.2. The van der Waals surface area contributed by atoms with E-state index in [2.05, 4.69) is 12.1 Å². The Morgan fingerprint density at radius 2 is 2.00 bits per heavy atom. The number of hydrogen-bond donors (Lipinski definition) is 1. The van der Waals surface area contributed by atoms with Gasteiger partial charge in [-0.15, -0.1) is 0 Å². The molecule has 0 aliphatic heterocycles. The molecular formula is C17H25NO. The number of rotatable bonds is 5. The van der Waals surface area contributed by atoms with Crippen molar-refractivity contribution >= 4 is 0 Å². The Kier molecular flexibility index (Phi) is 3.79. The van der Waals surface area contributed by atoms with Crippen LogP contribution < -0.4 is 10.5 Å². The molecule has 2 saturated carbocycles. The fourth-order valence-corrected chi connectivity index (χ4v) is 4.16. The lowest BCUT2D eigenvalue weighted by Gasteiger charge is -2.27. The maximum absolute atomic E-state index is 6.44. The highest BCUT2D eigenvalue weighted by molar-refractivity contribution is 5.27. The highest BCUT2D eigenvalue weighted by Gasteiger charge is 2.41. The highest BCUT2D eigenvalue weighted by atomic mass is 16.5. The van der Waals surface area contributed by atoms with E-state index in [1.807, 2.05) is 12.1 Å². The average Bonchev–Trinajstić information content (AvgIpc) is 3.08. The zero-order valence-corrected chi connectivity index (χ0v) is 11.8. The van der Waals surface area contributed by atoms with Gasteiger partial charge in [-0.2, -0.15) is 0 Å². The molecule has 2 nitrogen and oxygen atoms in total. The molecule has 4 unspecified atom stereocenters. The van der Waals surface area contributed by atoms with Gasteiger partial charge >= 0.3 is 0 Å². The molecule has 2 aliphatic carbocycles. The summed E-state index contributed by atoms with van der Waals surface area (Å²) in [6.07, 6.45) is 7.98. The highest BCUT2D eigenvalue weighted by Crippen LogP contribution is 2.49. The number of nitrogens with two attached hydrogens (primary N) is 1. The molecule has 2 N–H and O–H groups in total. The summed E-state index contributed by atoms with van der Waals surface area (Å²) in [6.45, 7) is 0. The molecule has 2 fully saturated rings. The molecule has 2 heteroatoms. The van der Waals surface area contributed by atoms with Gasteiger partial charge in [0.15, 0.2) is 0 Å². The standard InChI is InChI=1S/C17H25NO/c1-19-15-7-3-12(4-8-15)5-9-17(18)16-11-13-2-6-14(16)10-13/h3-4,7-8,13-14,16-17H,2,5-6,9-11,18H2,1H3. The second kappa shape index (κ2) is 5.54. The fraction of sp³-hybridized carbons (Fsp3) is 0.647. The molecule has 3 rings (SSSR count). The van der Waals surface area contributed by atoms with Gasteiger partial charge in [0.1, 0.15) is 5.75 Å². The van der Waals surface area contributed by atoms with Gasteiger partial charge in [0.05, 0.1) is 7.11 Å². The van der Waals surface area contributed by atoms with Crippen LogP contribution in [0.25, 0.3) is 0 Å². The lowest BCUT2D eigenvalue weighted by molar-refractivity contribution is 0.272. The van der Waals surface area contributed by atoms with Crippen LogP contribution in [0.15, 0.2) is 24.3 Å². The first-order valence-electron chi connectivity index (χ1n) is 7.65. The first kappa shape index (κ1) is 13.0. The molecule has 0 heterocycles. The minimum absolute atomic E-state index is 0.400. The van der Waals surface area contributed by atoms with E-state index in [0.717, 1.165) is 36.3 Å². The Bertz CT molecular complexity index is 414. The van der Waals surface area contributed by atoms with Crippen molar-refractivity contribution in [1.29, 1.82) is 0 Å². The largest absolute Gasteiger partial charge is 0.497 e. The van der Waals surface area contributed by atoms with Gasteiger partial charge in [-0.3, -0.25) is 0 Å². The molecule has 0 amide bonds. The van der Waals surface area contributed by atoms with Gasteiger partial charge < -0.3 is 10.5 Å². The van der Waals surface area contributed by atoms with E-state index >= 15 is 0 Å². The smallest absolute Gasteiger partial charge is 0.118 e. The molecule has 1 aromatic carbocycles. The summed E-state index contributed by atoms with van der Waals surface area (Å²) in [5, 5.41) is 0. The van der Waals surface area contributed by atoms with Crippen molar-refractivity contribution in [2.75, 3.05) is 7.11 Å². The SMILES string of the molecule is COc1ccc(CCC(N)C2CC3CCC2C3)cc1. The summed E-state index contributed by atoms with van der Waals surface area (Å²) in [7, 11) is 1.71. The predicted octanol–water partition coefficient (Wildman–Crippen LogP) is 3.39. The van der Waals surface area contributed by atoms with Crippen molar-refractivity contribution in [1.82, 2.24) is 0 Å². The predicted molar refractivity (Wildman–Crippen MR) is 78.2 cm³/mol. The molecule has 4 atom stereocenters. The van der Waals surface area contributed by atoms with Crippen LogP contribution in [0.4, 0.5) is 0 Å². The molecule has 19 heavy (non-hydrogen) atoms. The number of ether oxygens (including phenoxy) is 1. The second-order valence-corrected chi connectivity index (χ2v) is 6.39. The van der Waals surface area contributed by atoms with Gasteiger partial charge in [0, 0.05) is 6.04 Å². The van der Waals surface area contributed by atoms with Crippen molar-refractivity contribution < 1.29 is 4.74 Å². The second-order valence-electron chi connectivity index (χ2n) is 6.39. The Morgan fingerprint density at radius 1 is 1.21 bits per heavy atom. The monoisotopic (exact) mass is 259 g/mol. The molecule has 2 aliphatic rings. The average molecular weight is 259 g/mol. The maximum Gasteiger partial charge on any atom is 0.118 e. The van der Waals surface area contributed by atoms with Crippen molar-refractivity contribution in [3.8, 4) is 5.75 Å². The number of methoxy groups -OCH3 is 1. The molecule has 104 valence electrons. The van der Waals surface area contributed by atoms with Crippen LogP contribution in [0.1, 0.15) is 37.7 Å². The van der Waals surface area contributed by atoms with Gasteiger partial charge in [-0.1, -0.05) is 18.6 Å². The molecule has 0 spiro atoms. The van der Waals surface area contributed by atoms with E-state index < -0.39 is 0 Å². The Balaban J connectivity index is 1.51. The van der Waals surface area contributed by atoms with Crippen molar-refractivity contribution in [2.24, 2.45) is 23.5 Å². The van der Waals surface area contributed by atoms with E-state index in [1.54, 1.807) is 7.11 Å². The van der Waals surface area contributed by atoms with Crippen LogP contribution in [0.2, 0.25) is 0 Å². The van der Waals surface area contributed by atoms with Crippen LogP contribution in [-0.4, -0.2) is 13.2 Å². The minimum atomic E-state index is 0.400. The topological polar surface area (TPSA) is 35.2 Å². The van der Waals surface area contributed by atoms with Crippen molar-refractivity contribution in [2.45, 2.75) is 44.6 Å². The minimum Gasteiger partial charge on any atom is -0.497 e. The molecular weight excluding hydrogens is 234 g/mol. The normalized spacial score (nSPS) is 30.5. The summed E-state index contributed by atoms with van der Waals surface area (Å²) in [5.74, 6) is 3.68. The lowest BCUT2D eigenvalue weighted by Crippen LogP contribution is -2.34. The third-order valence-corrected chi connectivity index (χ3v) is 5.27. The summed E-state index contributed by atoms with van der Waals surface area (Å²) in [4.78, 5) is 0. The van der Waals surface area contributed by atoms with Gasteiger partial charge in [-0.05, 0) is 67.6 Å². The molecule has 1 aromatic rings. The van der Waals surface area contributed by atoms with Gasteiger partial charge in [-0.25, -0.2) is 0 Å². The van der Waals surface area contributed by atoms with E-state index in [1.165, 1.54) is 31.2 Å². The molecule has 0 saturated heterocycles. The van der Waals surface area contributed by atoms with Crippen LogP contribution >= 0.6 is 0 Å². The first-order valence-corrected chi connectivity index (χ1v) is 7.65. The van der Waals surface area contributed by atoms with Crippen LogP contribution in [0.5, 0.6) is 5.75 Å². The summed E-state index contributed by atoms with van der Waals surface area (Å²) < 4.78 is 5.18. The third-order valence-electron chi connectivity index (χ3n) is 5.27. The van der Waals surface area contributed by atoms with E-state index in [-0.39, 0.29) is 0 Å². The van der Waals surface area contributed by atoms with E-state index in [9.17, 15) is 0 Å².